The summed E-state index contributed by atoms with van der Waals surface area (Å²) in [5, 5.41) is 13.2. The van der Waals surface area contributed by atoms with Crippen LogP contribution in [0.3, 0.4) is 0 Å². The highest BCUT2D eigenvalue weighted by molar-refractivity contribution is 6.33. The molecule has 1 saturated carbocycles. The van der Waals surface area contributed by atoms with Gasteiger partial charge in [0, 0.05) is 6.04 Å². The monoisotopic (exact) mass is 234 g/mol. The molecule has 1 aromatic carbocycles. The van der Waals surface area contributed by atoms with Gasteiger partial charge in [0.05, 0.1) is 22.7 Å². The van der Waals surface area contributed by atoms with Gasteiger partial charge in [-0.2, -0.15) is 5.26 Å². The zero-order chi connectivity index (χ0) is 11.4. The number of hydrogen-bond donors (Lipinski definition) is 1. The van der Waals surface area contributed by atoms with E-state index in [9.17, 15) is 0 Å². The molecule has 0 aromatic heterocycles. The first-order chi connectivity index (χ1) is 7.81. The Balaban J connectivity index is 2.09. The van der Waals surface area contributed by atoms with Crippen molar-refractivity contribution in [2.24, 2.45) is 5.92 Å². The van der Waals surface area contributed by atoms with E-state index in [1.165, 1.54) is 12.8 Å². The van der Waals surface area contributed by atoms with Crippen LogP contribution in [0.25, 0.3) is 0 Å². The quantitative estimate of drug-likeness (QED) is 0.844. The molecule has 2 rings (SSSR count). The minimum Gasteiger partial charge on any atom is -0.380 e. The van der Waals surface area contributed by atoms with Gasteiger partial charge >= 0.3 is 0 Å². The number of hydrogen-bond acceptors (Lipinski definition) is 2. The maximum Gasteiger partial charge on any atom is 0.0677 e. The number of nitriles is 1. The average Bonchev–Trinajstić information content (AvgIpc) is 2.33. The third-order valence-corrected chi connectivity index (χ3v) is 3.48. The van der Waals surface area contributed by atoms with Crippen molar-refractivity contribution in [2.45, 2.75) is 31.7 Å². The summed E-state index contributed by atoms with van der Waals surface area (Å²) in [6.07, 6.45) is 4.42. The largest absolute Gasteiger partial charge is 0.380 e. The Hall–Kier alpha value is -1.20. The molecule has 0 amide bonds. The van der Waals surface area contributed by atoms with E-state index in [0.29, 0.717) is 0 Å². The normalized spacial score (nSPS) is 24.8. The molecule has 1 aliphatic carbocycles. The Morgan fingerprint density at radius 2 is 2.00 bits per heavy atom. The lowest BCUT2D eigenvalue weighted by Gasteiger charge is -2.28. The summed E-state index contributed by atoms with van der Waals surface area (Å²) in [6, 6.07) is 10.3. The van der Waals surface area contributed by atoms with Gasteiger partial charge in [0.15, 0.2) is 0 Å². The average molecular weight is 235 g/mol. The van der Waals surface area contributed by atoms with Crippen LogP contribution < -0.4 is 5.32 Å². The number of benzene rings is 1. The van der Waals surface area contributed by atoms with Crippen molar-refractivity contribution in [1.82, 2.24) is 0 Å². The minimum absolute atomic E-state index is 0.116. The first-order valence-corrected chi connectivity index (χ1v) is 6.10. The van der Waals surface area contributed by atoms with E-state index < -0.39 is 0 Å². The van der Waals surface area contributed by atoms with Gasteiger partial charge in [0.2, 0.25) is 0 Å². The maximum absolute atomic E-state index is 9.09. The Kier molecular flexibility index (Phi) is 3.69. The fourth-order valence-electron chi connectivity index (χ4n) is 2.24. The fourth-order valence-corrected chi connectivity index (χ4v) is 2.43. The van der Waals surface area contributed by atoms with Crippen LogP contribution in [0.2, 0.25) is 5.02 Å². The van der Waals surface area contributed by atoms with Crippen LogP contribution >= 0.6 is 11.6 Å². The third-order valence-electron chi connectivity index (χ3n) is 3.15. The van der Waals surface area contributed by atoms with Crippen molar-refractivity contribution in [3.05, 3.63) is 29.3 Å². The number of nitrogens with zero attached hydrogens (tertiary/aromatic N) is 1. The van der Waals surface area contributed by atoms with E-state index in [-0.39, 0.29) is 12.0 Å². The van der Waals surface area contributed by atoms with Gasteiger partial charge in [-0.1, -0.05) is 36.6 Å². The highest BCUT2D eigenvalue weighted by Crippen LogP contribution is 2.29. The zero-order valence-electron chi connectivity index (χ0n) is 9.12. The van der Waals surface area contributed by atoms with Gasteiger partial charge in [-0.3, -0.25) is 0 Å². The molecule has 0 spiro atoms. The molecule has 1 aromatic rings. The molecule has 2 atom stereocenters. The summed E-state index contributed by atoms with van der Waals surface area (Å²) >= 11 is 6.09. The Labute approximate surface area is 101 Å². The molecule has 0 saturated heterocycles. The second-order valence-corrected chi connectivity index (χ2v) is 4.66. The van der Waals surface area contributed by atoms with E-state index in [0.717, 1.165) is 23.6 Å². The van der Waals surface area contributed by atoms with E-state index in [2.05, 4.69) is 11.4 Å². The van der Waals surface area contributed by atoms with Crippen molar-refractivity contribution in [2.75, 3.05) is 5.32 Å². The lowest BCUT2D eigenvalue weighted by Crippen LogP contribution is -2.31. The van der Waals surface area contributed by atoms with Crippen LogP contribution in [0.15, 0.2) is 24.3 Å². The summed E-state index contributed by atoms with van der Waals surface area (Å²) in [5.74, 6) is 0.116. The first kappa shape index (κ1) is 11.3. The molecule has 0 heterocycles. The number of halogens is 1. The predicted octanol–water partition coefficient (Wildman–Crippen LogP) is 3.83. The van der Waals surface area contributed by atoms with Crippen molar-refractivity contribution < 1.29 is 0 Å². The van der Waals surface area contributed by atoms with Crippen LogP contribution in [-0.4, -0.2) is 6.04 Å². The van der Waals surface area contributed by atoms with Gasteiger partial charge in [0.25, 0.3) is 0 Å². The number of para-hydroxylation sites is 1. The molecule has 2 nitrogen and oxygen atoms in total. The minimum atomic E-state index is 0.116. The molecular formula is C13H15ClN2. The number of anilines is 1. The van der Waals surface area contributed by atoms with Crippen molar-refractivity contribution in [3.63, 3.8) is 0 Å². The van der Waals surface area contributed by atoms with Gasteiger partial charge in [0.1, 0.15) is 0 Å². The summed E-state index contributed by atoms with van der Waals surface area (Å²) < 4.78 is 0. The smallest absolute Gasteiger partial charge is 0.0677 e. The SMILES string of the molecule is N#CC1CCCCC1Nc1ccccc1Cl. The molecule has 0 aliphatic heterocycles. The first-order valence-electron chi connectivity index (χ1n) is 5.72. The molecular weight excluding hydrogens is 220 g/mol. The summed E-state index contributed by atoms with van der Waals surface area (Å²) in [4.78, 5) is 0. The Morgan fingerprint density at radius 3 is 2.75 bits per heavy atom. The molecule has 1 N–H and O–H groups in total. The maximum atomic E-state index is 9.09. The fraction of sp³-hybridized carbons (Fsp3) is 0.462. The molecule has 1 aliphatic rings. The van der Waals surface area contributed by atoms with E-state index in [4.69, 9.17) is 16.9 Å². The van der Waals surface area contributed by atoms with E-state index in [1.807, 2.05) is 24.3 Å². The van der Waals surface area contributed by atoms with Crippen LogP contribution in [0.4, 0.5) is 5.69 Å². The highest BCUT2D eigenvalue weighted by atomic mass is 35.5. The van der Waals surface area contributed by atoms with Crippen molar-refractivity contribution in [1.29, 1.82) is 5.26 Å². The molecule has 0 bridgehead atoms. The number of rotatable bonds is 2. The standard InChI is InChI=1S/C13H15ClN2/c14-11-6-2-4-8-13(11)16-12-7-3-1-5-10(12)9-15/h2,4,6,8,10,12,16H,1,3,5,7H2. The zero-order valence-corrected chi connectivity index (χ0v) is 9.87. The van der Waals surface area contributed by atoms with Crippen molar-refractivity contribution in [3.8, 4) is 6.07 Å². The van der Waals surface area contributed by atoms with E-state index >= 15 is 0 Å². The summed E-state index contributed by atoms with van der Waals surface area (Å²) in [6.45, 7) is 0. The molecule has 1 fully saturated rings. The molecule has 0 radical (unpaired) electrons. The van der Waals surface area contributed by atoms with Crippen LogP contribution in [0, 0.1) is 17.2 Å². The van der Waals surface area contributed by atoms with Crippen LogP contribution in [-0.2, 0) is 0 Å². The number of nitrogens with one attached hydrogen (secondary N) is 1. The summed E-state index contributed by atoms with van der Waals surface area (Å²) in [7, 11) is 0. The molecule has 3 heteroatoms. The lowest BCUT2D eigenvalue weighted by atomic mass is 9.85. The molecule has 84 valence electrons. The van der Waals surface area contributed by atoms with Gasteiger partial charge in [-0.05, 0) is 25.0 Å². The molecule has 16 heavy (non-hydrogen) atoms. The Morgan fingerprint density at radius 1 is 1.25 bits per heavy atom. The van der Waals surface area contributed by atoms with E-state index in [1.54, 1.807) is 0 Å². The third kappa shape index (κ3) is 2.48. The highest BCUT2D eigenvalue weighted by Gasteiger charge is 2.24. The summed E-state index contributed by atoms with van der Waals surface area (Å²) in [5.41, 5.74) is 0.941. The topological polar surface area (TPSA) is 35.8 Å². The van der Waals surface area contributed by atoms with Gasteiger partial charge in [-0.15, -0.1) is 0 Å². The second kappa shape index (κ2) is 5.23. The van der Waals surface area contributed by atoms with Crippen LogP contribution in [0.1, 0.15) is 25.7 Å². The lowest BCUT2D eigenvalue weighted by molar-refractivity contribution is 0.389. The van der Waals surface area contributed by atoms with Crippen LogP contribution in [0.5, 0.6) is 0 Å². The van der Waals surface area contributed by atoms with Gasteiger partial charge < -0.3 is 5.32 Å². The Bertz CT molecular complexity index is 397. The predicted molar refractivity (Wildman–Crippen MR) is 66.4 cm³/mol. The van der Waals surface area contributed by atoms with Crippen molar-refractivity contribution >= 4 is 17.3 Å². The molecule has 2 unspecified atom stereocenters. The van der Waals surface area contributed by atoms with Gasteiger partial charge in [-0.25, -0.2) is 0 Å². The second-order valence-electron chi connectivity index (χ2n) is 4.25.